The van der Waals surface area contributed by atoms with Crippen LogP contribution in [0.5, 0.6) is 0 Å². The average Bonchev–Trinajstić information content (AvgIpc) is 2.38. The number of hydrogen-bond acceptors (Lipinski definition) is 3. The zero-order valence-corrected chi connectivity index (χ0v) is 12.5. The van der Waals surface area contributed by atoms with Gasteiger partial charge >= 0.3 is 0 Å². The van der Waals surface area contributed by atoms with Crippen LogP contribution in [0.4, 0.5) is 0 Å². The van der Waals surface area contributed by atoms with E-state index in [-0.39, 0.29) is 0 Å². The van der Waals surface area contributed by atoms with Gasteiger partial charge in [-0.1, -0.05) is 33.6 Å². The number of rotatable bonds is 7. The van der Waals surface area contributed by atoms with E-state index in [4.69, 9.17) is 0 Å². The topological polar surface area (TPSA) is 18.5 Å². The van der Waals surface area contributed by atoms with Crippen LogP contribution in [-0.2, 0) is 0 Å². The minimum absolute atomic E-state index is 0.705. The number of nitrogens with zero attached hydrogens (tertiary/aromatic N) is 2. The van der Waals surface area contributed by atoms with Crippen molar-refractivity contribution in [3.63, 3.8) is 0 Å². The number of fused-ring (bicyclic) bond motifs is 3. The molecule has 2 atom stereocenters. The van der Waals surface area contributed by atoms with Crippen LogP contribution in [0.3, 0.4) is 0 Å². The Hall–Kier alpha value is -0.120. The monoisotopic (exact) mass is 253 g/mol. The summed E-state index contributed by atoms with van der Waals surface area (Å²) in [7, 11) is 0. The SMILES string of the molecule is CCNC(CCCC(C)C)C1CN2CCN1CC2. The summed E-state index contributed by atoms with van der Waals surface area (Å²) in [5.74, 6) is 0.846. The summed E-state index contributed by atoms with van der Waals surface area (Å²) in [5, 5.41) is 3.74. The molecule has 3 nitrogen and oxygen atoms in total. The summed E-state index contributed by atoms with van der Waals surface area (Å²) < 4.78 is 0. The van der Waals surface area contributed by atoms with E-state index < -0.39 is 0 Å². The van der Waals surface area contributed by atoms with Gasteiger partial charge in [-0.3, -0.25) is 9.80 Å². The molecule has 3 fully saturated rings. The minimum Gasteiger partial charge on any atom is -0.313 e. The Balaban J connectivity index is 1.84. The lowest BCUT2D eigenvalue weighted by Gasteiger charge is -2.50. The van der Waals surface area contributed by atoms with E-state index in [1.807, 2.05) is 0 Å². The molecule has 3 aliphatic rings. The number of nitrogens with one attached hydrogen (secondary N) is 1. The first-order valence-electron chi connectivity index (χ1n) is 7.90. The van der Waals surface area contributed by atoms with Crippen molar-refractivity contribution in [1.82, 2.24) is 15.1 Å². The fraction of sp³-hybridized carbons (Fsp3) is 1.00. The Morgan fingerprint density at radius 3 is 2.33 bits per heavy atom. The first-order chi connectivity index (χ1) is 8.70. The fourth-order valence-corrected chi connectivity index (χ4v) is 3.48. The van der Waals surface area contributed by atoms with Gasteiger partial charge in [0.25, 0.3) is 0 Å². The van der Waals surface area contributed by atoms with Crippen molar-refractivity contribution < 1.29 is 0 Å². The molecule has 1 N–H and O–H groups in total. The molecule has 3 heteroatoms. The van der Waals surface area contributed by atoms with E-state index in [1.54, 1.807) is 0 Å². The number of hydrogen-bond donors (Lipinski definition) is 1. The Bertz CT molecular complexity index is 234. The van der Waals surface area contributed by atoms with Gasteiger partial charge in [-0.2, -0.15) is 0 Å². The molecule has 0 amide bonds. The highest BCUT2D eigenvalue weighted by molar-refractivity contribution is 4.94. The number of piperazine rings is 3. The molecule has 2 bridgehead atoms. The summed E-state index contributed by atoms with van der Waals surface area (Å²) in [6.45, 7) is 14.5. The smallest absolute Gasteiger partial charge is 0.0377 e. The van der Waals surface area contributed by atoms with Gasteiger partial charge < -0.3 is 5.32 Å². The van der Waals surface area contributed by atoms with Crippen molar-refractivity contribution in [1.29, 1.82) is 0 Å². The standard InChI is InChI=1S/C15H31N3/c1-4-16-14(7-5-6-13(2)3)15-12-17-8-10-18(15)11-9-17/h13-16H,4-12H2,1-3H3. The van der Waals surface area contributed by atoms with Gasteiger partial charge in [-0.15, -0.1) is 0 Å². The highest BCUT2D eigenvalue weighted by atomic mass is 15.4. The fourth-order valence-electron chi connectivity index (χ4n) is 3.48. The molecule has 2 unspecified atom stereocenters. The van der Waals surface area contributed by atoms with Crippen molar-refractivity contribution in [2.75, 3.05) is 39.3 Å². The van der Waals surface area contributed by atoms with Crippen LogP contribution < -0.4 is 5.32 Å². The van der Waals surface area contributed by atoms with Gasteiger partial charge in [0.2, 0.25) is 0 Å². The Kier molecular flexibility index (Phi) is 5.46. The summed E-state index contributed by atoms with van der Waals surface area (Å²) in [6.07, 6.45) is 4.10. The molecule has 106 valence electrons. The van der Waals surface area contributed by atoms with Crippen molar-refractivity contribution in [2.24, 2.45) is 5.92 Å². The third-order valence-electron chi connectivity index (χ3n) is 4.55. The molecule has 0 spiro atoms. The molecular formula is C15H31N3. The first-order valence-corrected chi connectivity index (χ1v) is 7.90. The lowest BCUT2D eigenvalue weighted by atomic mass is 9.94. The van der Waals surface area contributed by atoms with Gasteiger partial charge in [0.1, 0.15) is 0 Å². The molecular weight excluding hydrogens is 222 g/mol. The molecule has 0 aromatic carbocycles. The second-order valence-corrected chi connectivity index (χ2v) is 6.39. The van der Waals surface area contributed by atoms with E-state index in [0.29, 0.717) is 6.04 Å². The Morgan fingerprint density at radius 2 is 1.83 bits per heavy atom. The van der Waals surface area contributed by atoms with Crippen molar-refractivity contribution >= 4 is 0 Å². The maximum Gasteiger partial charge on any atom is 0.0377 e. The minimum atomic E-state index is 0.705. The predicted octanol–water partition coefficient (Wildman–Crippen LogP) is 1.79. The summed E-state index contributed by atoms with van der Waals surface area (Å²) in [6, 6.07) is 1.47. The third-order valence-corrected chi connectivity index (χ3v) is 4.55. The predicted molar refractivity (Wildman–Crippen MR) is 78.0 cm³/mol. The van der Waals surface area contributed by atoms with Crippen LogP contribution in [-0.4, -0.2) is 61.2 Å². The maximum atomic E-state index is 3.74. The van der Waals surface area contributed by atoms with Gasteiger partial charge in [0, 0.05) is 44.8 Å². The largest absolute Gasteiger partial charge is 0.313 e. The summed E-state index contributed by atoms with van der Waals surface area (Å²) in [4.78, 5) is 5.38. The lowest BCUT2D eigenvalue weighted by Crippen LogP contribution is -2.66. The lowest BCUT2D eigenvalue weighted by molar-refractivity contribution is -0.00466. The van der Waals surface area contributed by atoms with Gasteiger partial charge in [0.15, 0.2) is 0 Å². The van der Waals surface area contributed by atoms with Crippen LogP contribution in [0.15, 0.2) is 0 Å². The number of likely N-dealkylation sites (N-methyl/N-ethyl adjacent to an activating group) is 1. The second kappa shape index (κ2) is 6.88. The Morgan fingerprint density at radius 1 is 1.11 bits per heavy atom. The highest BCUT2D eigenvalue weighted by Crippen LogP contribution is 2.21. The van der Waals surface area contributed by atoms with Crippen molar-refractivity contribution in [3.05, 3.63) is 0 Å². The van der Waals surface area contributed by atoms with Gasteiger partial charge in [0.05, 0.1) is 0 Å². The molecule has 0 radical (unpaired) electrons. The van der Waals surface area contributed by atoms with Crippen molar-refractivity contribution in [3.8, 4) is 0 Å². The zero-order valence-electron chi connectivity index (χ0n) is 12.5. The normalized spacial score (nSPS) is 33.0. The molecule has 0 aromatic rings. The zero-order chi connectivity index (χ0) is 13.0. The van der Waals surface area contributed by atoms with Gasteiger partial charge in [-0.25, -0.2) is 0 Å². The van der Waals surface area contributed by atoms with E-state index in [1.165, 1.54) is 52.0 Å². The van der Waals surface area contributed by atoms with Crippen LogP contribution >= 0.6 is 0 Å². The van der Waals surface area contributed by atoms with E-state index in [9.17, 15) is 0 Å². The summed E-state index contributed by atoms with van der Waals surface area (Å²) >= 11 is 0. The molecule has 0 aromatic heterocycles. The van der Waals surface area contributed by atoms with E-state index in [2.05, 4.69) is 35.9 Å². The van der Waals surface area contributed by atoms with E-state index in [0.717, 1.165) is 18.5 Å². The molecule has 3 saturated heterocycles. The van der Waals surface area contributed by atoms with E-state index >= 15 is 0 Å². The molecule has 3 rings (SSSR count). The molecule has 0 aliphatic carbocycles. The molecule has 3 aliphatic heterocycles. The average molecular weight is 253 g/mol. The summed E-state index contributed by atoms with van der Waals surface area (Å²) in [5.41, 5.74) is 0. The highest BCUT2D eigenvalue weighted by Gasteiger charge is 2.35. The maximum absolute atomic E-state index is 3.74. The third kappa shape index (κ3) is 3.69. The van der Waals surface area contributed by atoms with Crippen molar-refractivity contribution in [2.45, 2.75) is 52.1 Å². The molecule has 18 heavy (non-hydrogen) atoms. The Labute approximate surface area is 113 Å². The van der Waals surface area contributed by atoms with Crippen LogP contribution in [0.2, 0.25) is 0 Å². The molecule has 3 heterocycles. The van der Waals surface area contributed by atoms with Crippen LogP contribution in [0, 0.1) is 5.92 Å². The van der Waals surface area contributed by atoms with Crippen LogP contribution in [0.1, 0.15) is 40.0 Å². The van der Waals surface area contributed by atoms with Crippen LogP contribution in [0.25, 0.3) is 0 Å². The van der Waals surface area contributed by atoms with Gasteiger partial charge in [-0.05, 0) is 18.9 Å². The quantitative estimate of drug-likeness (QED) is 0.746. The first kappa shape index (κ1) is 14.3. The second-order valence-electron chi connectivity index (χ2n) is 6.39. The molecule has 0 saturated carbocycles.